The second-order valence-corrected chi connectivity index (χ2v) is 10.2. The molecule has 0 aliphatic rings. The summed E-state index contributed by atoms with van der Waals surface area (Å²) in [7, 11) is 0. The lowest BCUT2D eigenvalue weighted by Gasteiger charge is -2.12. The Morgan fingerprint density at radius 3 is 2.57 bits per heavy atom. The number of aromatic nitrogens is 3. The van der Waals surface area contributed by atoms with Crippen molar-refractivity contribution in [2.45, 2.75) is 39.1 Å². The van der Waals surface area contributed by atoms with E-state index < -0.39 is 12.1 Å². The molecule has 10 nitrogen and oxygen atoms in total. The van der Waals surface area contributed by atoms with E-state index in [-0.39, 0.29) is 17.6 Å². The van der Waals surface area contributed by atoms with Crippen molar-refractivity contribution in [3.05, 3.63) is 76.3 Å². The van der Waals surface area contributed by atoms with Gasteiger partial charge in [-0.15, -0.1) is 13.2 Å². The largest absolute Gasteiger partial charge is 0.573 e. The molecule has 8 N–H and O–H groups in total. The van der Waals surface area contributed by atoms with Gasteiger partial charge >= 0.3 is 12.1 Å². The number of ether oxygens (including phenoxy) is 1. The van der Waals surface area contributed by atoms with Gasteiger partial charge in [0.2, 0.25) is 0 Å². The van der Waals surface area contributed by atoms with E-state index in [0.29, 0.717) is 59.6 Å². The molecule has 0 radical (unpaired) electrons. The Bertz CT molecular complexity index is 1570. The SMILES string of the molecule is C[C@@H](CN=C(N)N)CNCc1ccc(-n2cc3cc(-c4cc(CCCCN)cc(OC(F)(F)F)c4)[nH]c3nc2=O)cc1. The number of alkyl halides is 3. The van der Waals surface area contributed by atoms with Gasteiger partial charge in [0.25, 0.3) is 0 Å². The zero-order chi connectivity index (χ0) is 30.3. The summed E-state index contributed by atoms with van der Waals surface area (Å²) in [6.45, 7) is 4.44. The summed E-state index contributed by atoms with van der Waals surface area (Å²) in [5.41, 5.74) is 19.5. The molecule has 2 aromatic heterocycles. The highest BCUT2D eigenvalue weighted by molar-refractivity contribution is 5.83. The number of rotatable bonds is 13. The van der Waals surface area contributed by atoms with Crippen molar-refractivity contribution in [2.75, 3.05) is 19.6 Å². The summed E-state index contributed by atoms with van der Waals surface area (Å²) < 4.78 is 44.6. The summed E-state index contributed by atoms with van der Waals surface area (Å²) in [6.07, 6.45) is -1.14. The average molecular weight is 585 g/mol. The normalized spacial score (nSPS) is 12.4. The highest BCUT2D eigenvalue weighted by Gasteiger charge is 2.31. The monoisotopic (exact) mass is 584 g/mol. The Kier molecular flexibility index (Phi) is 9.86. The molecule has 0 amide bonds. The molecule has 1 atom stereocenters. The quantitative estimate of drug-likeness (QED) is 0.0912. The lowest BCUT2D eigenvalue weighted by molar-refractivity contribution is -0.274. The maximum absolute atomic E-state index is 13.0. The third-order valence-corrected chi connectivity index (χ3v) is 6.56. The van der Waals surface area contributed by atoms with Gasteiger partial charge in [-0.2, -0.15) is 4.98 Å². The van der Waals surface area contributed by atoms with Crippen LogP contribution in [0.1, 0.15) is 30.9 Å². The molecule has 0 saturated carbocycles. The van der Waals surface area contributed by atoms with Gasteiger partial charge in [0.1, 0.15) is 11.4 Å². The van der Waals surface area contributed by atoms with Crippen molar-refractivity contribution in [2.24, 2.45) is 28.1 Å². The minimum Gasteiger partial charge on any atom is -0.406 e. The van der Waals surface area contributed by atoms with Crippen LogP contribution >= 0.6 is 0 Å². The molecule has 4 rings (SSSR count). The van der Waals surface area contributed by atoms with Crippen LogP contribution in [0.25, 0.3) is 28.0 Å². The van der Waals surface area contributed by atoms with Crippen molar-refractivity contribution >= 4 is 17.0 Å². The number of hydrogen-bond acceptors (Lipinski definition) is 6. The predicted molar refractivity (Wildman–Crippen MR) is 157 cm³/mol. The number of hydrogen-bond donors (Lipinski definition) is 5. The first-order valence-corrected chi connectivity index (χ1v) is 13.6. The Hall–Kier alpha value is -4.36. The van der Waals surface area contributed by atoms with Crippen LogP contribution in [0.4, 0.5) is 13.2 Å². The van der Waals surface area contributed by atoms with E-state index in [9.17, 15) is 18.0 Å². The number of unbranched alkanes of at least 4 members (excludes halogenated alkanes) is 1. The first-order chi connectivity index (χ1) is 20.0. The highest BCUT2D eigenvalue weighted by atomic mass is 19.4. The minimum absolute atomic E-state index is 0.0733. The first-order valence-electron chi connectivity index (χ1n) is 13.6. The van der Waals surface area contributed by atoms with E-state index in [2.05, 4.69) is 25.0 Å². The fourth-order valence-corrected chi connectivity index (χ4v) is 4.52. The topological polar surface area (TPSA) is 162 Å². The van der Waals surface area contributed by atoms with E-state index in [1.165, 1.54) is 16.7 Å². The van der Waals surface area contributed by atoms with E-state index >= 15 is 0 Å². The lowest BCUT2D eigenvalue weighted by Crippen LogP contribution is -2.26. The Balaban J connectivity index is 1.54. The summed E-state index contributed by atoms with van der Waals surface area (Å²) >= 11 is 0. The molecule has 0 unspecified atom stereocenters. The standard InChI is InChI=1S/C29H35F3N8O2/c1-18(15-37-27(34)35)14-36-16-19-5-7-23(8-6-19)40-17-22-13-25(38-26(22)39-28(40)41)21-10-20(4-2-3-9-33)11-24(12-21)42-29(30,31)32/h5-8,10-13,17-18,36H,2-4,9,14-16,33H2,1H3,(H4,34,35,37)(H,38,39,41)/t18-/m1/s1. The van der Waals surface area contributed by atoms with Gasteiger partial charge in [0, 0.05) is 35.9 Å². The third-order valence-electron chi connectivity index (χ3n) is 6.56. The zero-order valence-corrected chi connectivity index (χ0v) is 23.2. The molecule has 2 aromatic carbocycles. The van der Waals surface area contributed by atoms with E-state index in [1.54, 1.807) is 18.3 Å². The Labute approximate surface area is 240 Å². The molecule has 0 fully saturated rings. The number of guanidine groups is 1. The molecular formula is C29H35F3N8O2. The van der Waals surface area contributed by atoms with Gasteiger partial charge in [-0.1, -0.05) is 19.1 Å². The Morgan fingerprint density at radius 1 is 1.12 bits per heavy atom. The second kappa shape index (κ2) is 13.5. The van der Waals surface area contributed by atoms with Gasteiger partial charge < -0.3 is 32.2 Å². The molecular weight excluding hydrogens is 549 g/mol. The molecule has 2 heterocycles. The molecule has 42 heavy (non-hydrogen) atoms. The number of aliphatic imine (C=N–C) groups is 1. The van der Waals surface area contributed by atoms with Crippen LogP contribution < -0.4 is 32.9 Å². The molecule has 13 heteroatoms. The van der Waals surface area contributed by atoms with Crippen LogP contribution in [0.3, 0.4) is 0 Å². The molecule has 0 bridgehead atoms. The number of fused-ring (bicyclic) bond motifs is 1. The highest BCUT2D eigenvalue weighted by Crippen LogP contribution is 2.31. The van der Waals surface area contributed by atoms with Crippen molar-refractivity contribution < 1.29 is 17.9 Å². The van der Waals surface area contributed by atoms with Gasteiger partial charge in [-0.25, -0.2) is 4.79 Å². The van der Waals surface area contributed by atoms with Gasteiger partial charge in [-0.3, -0.25) is 9.56 Å². The van der Waals surface area contributed by atoms with Crippen molar-refractivity contribution in [1.82, 2.24) is 19.9 Å². The third kappa shape index (κ3) is 8.57. The van der Waals surface area contributed by atoms with Crippen molar-refractivity contribution in [3.63, 3.8) is 0 Å². The fraction of sp³-hybridized carbons (Fsp3) is 0.345. The number of aryl methyl sites for hydroxylation is 1. The number of nitrogens with zero attached hydrogens (tertiary/aromatic N) is 3. The van der Waals surface area contributed by atoms with Gasteiger partial charge in [-0.05, 0) is 85.8 Å². The maximum atomic E-state index is 13.0. The second-order valence-electron chi connectivity index (χ2n) is 10.2. The molecule has 0 saturated heterocycles. The maximum Gasteiger partial charge on any atom is 0.573 e. The first kappa shape index (κ1) is 30.6. The van der Waals surface area contributed by atoms with Crippen LogP contribution in [0, 0.1) is 5.92 Å². The van der Waals surface area contributed by atoms with Crippen LogP contribution in [-0.2, 0) is 13.0 Å². The van der Waals surface area contributed by atoms with Crippen molar-refractivity contribution in [1.29, 1.82) is 0 Å². The van der Waals surface area contributed by atoms with E-state index in [4.69, 9.17) is 17.2 Å². The molecule has 0 spiro atoms. The van der Waals surface area contributed by atoms with E-state index in [0.717, 1.165) is 24.9 Å². The number of nitrogens with two attached hydrogens (primary N) is 3. The number of nitrogens with one attached hydrogen (secondary N) is 2. The summed E-state index contributed by atoms with van der Waals surface area (Å²) in [4.78, 5) is 24.1. The van der Waals surface area contributed by atoms with Crippen LogP contribution in [-0.4, -0.2) is 46.5 Å². The number of halogens is 3. The average Bonchev–Trinajstić information content (AvgIpc) is 3.34. The van der Waals surface area contributed by atoms with Crippen LogP contribution in [0.2, 0.25) is 0 Å². The molecule has 0 aliphatic carbocycles. The molecule has 4 aromatic rings. The van der Waals surface area contributed by atoms with Crippen LogP contribution in [0.15, 0.2) is 64.5 Å². The summed E-state index contributed by atoms with van der Waals surface area (Å²) in [6, 6.07) is 13.7. The van der Waals surface area contributed by atoms with Gasteiger partial charge in [0.15, 0.2) is 5.96 Å². The van der Waals surface area contributed by atoms with Gasteiger partial charge in [0.05, 0.1) is 5.69 Å². The minimum atomic E-state index is -4.82. The smallest absolute Gasteiger partial charge is 0.406 e. The van der Waals surface area contributed by atoms with E-state index in [1.807, 2.05) is 31.2 Å². The number of benzene rings is 2. The number of H-pyrrole nitrogens is 1. The lowest BCUT2D eigenvalue weighted by atomic mass is 10.0. The molecule has 224 valence electrons. The summed E-state index contributed by atoms with van der Waals surface area (Å²) in [5, 5.41) is 3.98. The predicted octanol–water partition coefficient (Wildman–Crippen LogP) is 3.56. The summed E-state index contributed by atoms with van der Waals surface area (Å²) in [5.74, 6) is 0.0206. The Morgan fingerprint density at radius 2 is 1.88 bits per heavy atom. The molecule has 0 aliphatic heterocycles. The fourth-order valence-electron chi connectivity index (χ4n) is 4.52. The number of aromatic amines is 1. The van der Waals surface area contributed by atoms with Crippen molar-refractivity contribution in [3.8, 4) is 22.7 Å². The zero-order valence-electron chi connectivity index (χ0n) is 23.2. The van der Waals surface area contributed by atoms with Crippen LogP contribution in [0.5, 0.6) is 5.75 Å².